The topological polar surface area (TPSA) is 58.6 Å². The molecule has 1 aliphatic carbocycles. The van der Waals surface area contributed by atoms with Crippen LogP contribution in [0.25, 0.3) is 0 Å². The van der Waals surface area contributed by atoms with Crippen molar-refractivity contribution in [2.45, 2.75) is 57.7 Å². The fraction of sp³-hybridized carbons (Fsp3) is 0.417. The maximum atomic E-state index is 13.2. The Morgan fingerprint density at radius 1 is 1.12 bits per heavy atom. The summed E-state index contributed by atoms with van der Waals surface area (Å²) < 4.78 is 7.36. The maximum absolute atomic E-state index is 13.2. The van der Waals surface area contributed by atoms with Gasteiger partial charge in [-0.1, -0.05) is 58.9 Å². The molecule has 3 rings (SSSR count). The summed E-state index contributed by atoms with van der Waals surface area (Å²) in [6.07, 6.45) is 5.46. The first-order chi connectivity index (χ1) is 15.3. The first-order valence-corrected chi connectivity index (χ1v) is 12.7. The average molecular weight is 587 g/mol. The normalized spacial score (nSPS) is 15.1. The lowest BCUT2D eigenvalue weighted by molar-refractivity contribution is -0.142. The smallest absolute Gasteiger partial charge is 0.261 e. The van der Waals surface area contributed by atoms with Crippen molar-refractivity contribution >= 4 is 55.3 Å². The van der Waals surface area contributed by atoms with Crippen molar-refractivity contribution < 1.29 is 14.3 Å². The molecule has 32 heavy (non-hydrogen) atoms. The second-order valence-corrected chi connectivity index (χ2v) is 10.2. The van der Waals surface area contributed by atoms with Gasteiger partial charge < -0.3 is 15.0 Å². The molecule has 0 heterocycles. The predicted octanol–water partition coefficient (Wildman–Crippen LogP) is 6.11. The van der Waals surface area contributed by atoms with E-state index in [1.807, 2.05) is 24.3 Å². The van der Waals surface area contributed by atoms with Crippen LogP contribution in [0, 0.1) is 0 Å². The third-order valence-corrected chi connectivity index (χ3v) is 7.01. The van der Waals surface area contributed by atoms with E-state index in [0.29, 0.717) is 21.8 Å². The molecule has 172 valence electrons. The lowest BCUT2D eigenvalue weighted by Crippen LogP contribution is -2.51. The van der Waals surface area contributed by atoms with Crippen molar-refractivity contribution in [1.29, 1.82) is 0 Å². The largest absolute Gasteiger partial charge is 0.483 e. The van der Waals surface area contributed by atoms with E-state index in [2.05, 4.69) is 37.2 Å². The molecular formula is C24H27Br2ClN2O3. The highest BCUT2D eigenvalue weighted by molar-refractivity contribution is 9.10. The van der Waals surface area contributed by atoms with Crippen LogP contribution in [-0.2, 0) is 16.1 Å². The number of carbonyl (C=O) groups excluding carboxylic acids is 2. The zero-order valence-corrected chi connectivity index (χ0v) is 21.9. The highest BCUT2D eigenvalue weighted by Gasteiger charge is 2.28. The SMILES string of the molecule is CC(C(=O)NC1CCCCC1)N(Cc1ccc(Br)cc1)C(=O)COc1ccc(Cl)cc1Br. The number of nitrogens with one attached hydrogen (secondary N) is 1. The molecule has 1 aliphatic rings. The summed E-state index contributed by atoms with van der Waals surface area (Å²) in [6.45, 7) is 1.90. The molecule has 0 aromatic heterocycles. The van der Waals surface area contributed by atoms with Crippen LogP contribution in [0.5, 0.6) is 5.75 Å². The van der Waals surface area contributed by atoms with Crippen molar-refractivity contribution in [3.63, 3.8) is 0 Å². The maximum Gasteiger partial charge on any atom is 0.261 e. The Balaban J connectivity index is 1.71. The Kier molecular flexibility index (Phi) is 9.44. The fourth-order valence-corrected chi connectivity index (χ4v) is 4.81. The highest BCUT2D eigenvalue weighted by atomic mass is 79.9. The van der Waals surface area contributed by atoms with Gasteiger partial charge in [-0.25, -0.2) is 0 Å². The van der Waals surface area contributed by atoms with E-state index in [-0.39, 0.29) is 24.5 Å². The van der Waals surface area contributed by atoms with Gasteiger partial charge in [-0.05, 0) is 71.6 Å². The molecule has 2 aromatic rings. The van der Waals surface area contributed by atoms with E-state index >= 15 is 0 Å². The van der Waals surface area contributed by atoms with Crippen LogP contribution in [0.2, 0.25) is 5.02 Å². The standard InChI is InChI=1S/C24H27Br2ClN2O3/c1-16(24(31)28-20-5-3-2-4-6-20)29(14-17-7-9-18(25)10-8-17)23(30)15-32-22-12-11-19(27)13-21(22)26/h7-13,16,20H,2-6,14-15H2,1H3,(H,28,31). The van der Waals surface area contributed by atoms with Gasteiger partial charge in [-0.2, -0.15) is 0 Å². The van der Waals surface area contributed by atoms with Gasteiger partial charge >= 0.3 is 0 Å². The van der Waals surface area contributed by atoms with Crippen LogP contribution >= 0.6 is 43.5 Å². The number of hydrogen-bond donors (Lipinski definition) is 1. The Morgan fingerprint density at radius 2 is 1.81 bits per heavy atom. The highest BCUT2D eigenvalue weighted by Crippen LogP contribution is 2.28. The van der Waals surface area contributed by atoms with Gasteiger partial charge in [0, 0.05) is 22.1 Å². The van der Waals surface area contributed by atoms with E-state index in [0.717, 1.165) is 35.7 Å². The minimum Gasteiger partial charge on any atom is -0.483 e. The molecule has 1 unspecified atom stereocenters. The van der Waals surface area contributed by atoms with Crippen LogP contribution in [-0.4, -0.2) is 35.4 Å². The number of amides is 2. The molecule has 1 N–H and O–H groups in total. The molecule has 8 heteroatoms. The fourth-order valence-electron chi connectivity index (χ4n) is 3.75. The molecule has 2 amide bonds. The van der Waals surface area contributed by atoms with E-state index in [9.17, 15) is 9.59 Å². The number of carbonyl (C=O) groups is 2. The van der Waals surface area contributed by atoms with Crippen LogP contribution < -0.4 is 10.1 Å². The Labute approximate surface area is 211 Å². The second kappa shape index (κ2) is 12.1. The third-order valence-electron chi connectivity index (χ3n) is 5.63. The van der Waals surface area contributed by atoms with Crippen LogP contribution in [0.1, 0.15) is 44.6 Å². The number of benzene rings is 2. The molecule has 0 bridgehead atoms. The molecule has 0 aliphatic heterocycles. The summed E-state index contributed by atoms with van der Waals surface area (Å²) in [5.41, 5.74) is 0.937. The lowest BCUT2D eigenvalue weighted by atomic mass is 9.95. The molecule has 0 saturated heterocycles. The van der Waals surface area contributed by atoms with E-state index in [4.69, 9.17) is 16.3 Å². The summed E-state index contributed by atoms with van der Waals surface area (Å²) in [5, 5.41) is 3.70. The third kappa shape index (κ3) is 7.22. The molecular weight excluding hydrogens is 560 g/mol. The Hall–Kier alpha value is -1.57. The van der Waals surface area contributed by atoms with Gasteiger partial charge in [0.25, 0.3) is 5.91 Å². The minimum atomic E-state index is -0.620. The number of hydrogen-bond acceptors (Lipinski definition) is 3. The van der Waals surface area contributed by atoms with Crippen molar-refractivity contribution in [2.24, 2.45) is 0 Å². The van der Waals surface area contributed by atoms with Crippen molar-refractivity contribution in [3.05, 3.63) is 62.0 Å². The molecule has 1 fully saturated rings. The zero-order valence-electron chi connectivity index (χ0n) is 18.0. The number of rotatable bonds is 8. The van der Waals surface area contributed by atoms with Gasteiger partial charge in [0.15, 0.2) is 6.61 Å². The zero-order chi connectivity index (χ0) is 23.1. The predicted molar refractivity (Wildman–Crippen MR) is 134 cm³/mol. The van der Waals surface area contributed by atoms with Gasteiger partial charge in [0.1, 0.15) is 11.8 Å². The molecule has 5 nitrogen and oxygen atoms in total. The van der Waals surface area contributed by atoms with Gasteiger partial charge in [-0.3, -0.25) is 9.59 Å². The molecule has 1 saturated carbocycles. The second-order valence-electron chi connectivity index (χ2n) is 8.03. The number of ether oxygens (including phenoxy) is 1. The summed E-state index contributed by atoms with van der Waals surface area (Å²) in [7, 11) is 0. The molecule has 0 radical (unpaired) electrons. The van der Waals surface area contributed by atoms with Gasteiger partial charge in [0.2, 0.25) is 5.91 Å². The number of nitrogens with zero attached hydrogens (tertiary/aromatic N) is 1. The van der Waals surface area contributed by atoms with Crippen LogP contribution in [0.4, 0.5) is 0 Å². The number of halogens is 3. The van der Waals surface area contributed by atoms with E-state index in [1.165, 1.54) is 6.42 Å². The van der Waals surface area contributed by atoms with Gasteiger partial charge in [0.05, 0.1) is 4.47 Å². The summed E-state index contributed by atoms with van der Waals surface area (Å²) in [4.78, 5) is 27.7. The van der Waals surface area contributed by atoms with Crippen molar-refractivity contribution in [1.82, 2.24) is 10.2 Å². The van der Waals surface area contributed by atoms with Crippen molar-refractivity contribution in [3.8, 4) is 5.75 Å². The Bertz CT molecular complexity index is 933. The lowest BCUT2D eigenvalue weighted by Gasteiger charge is -2.31. The van der Waals surface area contributed by atoms with Crippen molar-refractivity contribution in [2.75, 3.05) is 6.61 Å². The monoisotopic (exact) mass is 584 g/mol. The van der Waals surface area contributed by atoms with Gasteiger partial charge in [-0.15, -0.1) is 0 Å². The first kappa shape index (κ1) is 25.1. The van der Waals surface area contributed by atoms with E-state index in [1.54, 1.807) is 30.0 Å². The molecule has 0 spiro atoms. The summed E-state index contributed by atoms with van der Waals surface area (Å²) in [5.74, 6) is 0.127. The van der Waals surface area contributed by atoms with Crippen LogP contribution in [0.3, 0.4) is 0 Å². The average Bonchev–Trinajstić information content (AvgIpc) is 2.78. The summed E-state index contributed by atoms with van der Waals surface area (Å²) >= 11 is 12.8. The quantitative estimate of drug-likeness (QED) is 0.406. The van der Waals surface area contributed by atoms with E-state index < -0.39 is 6.04 Å². The Morgan fingerprint density at radius 3 is 2.47 bits per heavy atom. The first-order valence-electron chi connectivity index (χ1n) is 10.8. The van der Waals surface area contributed by atoms with Crippen LogP contribution in [0.15, 0.2) is 51.4 Å². The molecule has 2 aromatic carbocycles. The summed E-state index contributed by atoms with van der Waals surface area (Å²) in [6, 6.07) is 12.4. The molecule has 1 atom stereocenters. The minimum absolute atomic E-state index is 0.130.